The maximum Gasteiger partial charge on any atom is 0.230 e. The molecule has 0 radical (unpaired) electrons. The van der Waals surface area contributed by atoms with Crippen molar-refractivity contribution >= 4 is 50.5 Å². The Morgan fingerprint density at radius 3 is 2.56 bits per heavy atom. The number of hydrogen-bond donors (Lipinski definition) is 3. The molecule has 0 aliphatic heterocycles. The van der Waals surface area contributed by atoms with E-state index in [4.69, 9.17) is 21.7 Å². The number of thiophene rings is 1. The number of fused-ring (bicyclic) bond motifs is 1. The molecule has 5 aromatic rings. The fraction of sp³-hybridized carbons (Fsp3) is 0.156. The first-order chi connectivity index (χ1) is 20.9. The summed E-state index contributed by atoms with van der Waals surface area (Å²) in [5, 5.41) is 8.54. The number of ether oxygens (including phenoxy) is 2. The van der Waals surface area contributed by atoms with Gasteiger partial charge in [-0.1, -0.05) is 42.5 Å². The molecule has 5 rings (SSSR count). The van der Waals surface area contributed by atoms with Crippen LogP contribution in [0.4, 0.5) is 14.5 Å². The van der Waals surface area contributed by atoms with Gasteiger partial charge in [0, 0.05) is 49.1 Å². The highest BCUT2D eigenvalue weighted by molar-refractivity contribution is 7.80. The van der Waals surface area contributed by atoms with E-state index in [1.165, 1.54) is 41.2 Å². The lowest BCUT2D eigenvalue weighted by atomic mass is 10.1. The smallest absolute Gasteiger partial charge is 0.230 e. The molecule has 43 heavy (non-hydrogen) atoms. The number of carbonyl (C=O) groups excluding carboxylic acids is 1. The number of nitrogens with zero attached hydrogens (tertiary/aromatic N) is 1. The molecule has 0 saturated heterocycles. The van der Waals surface area contributed by atoms with Gasteiger partial charge in [-0.05, 0) is 53.2 Å². The summed E-state index contributed by atoms with van der Waals surface area (Å²) in [6.07, 6.45) is 1.44. The first-order valence-corrected chi connectivity index (χ1v) is 14.6. The summed E-state index contributed by atoms with van der Waals surface area (Å²) in [4.78, 5) is 17.7. The van der Waals surface area contributed by atoms with Crippen molar-refractivity contribution < 1.29 is 23.0 Å². The Balaban J connectivity index is 1.22. The zero-order valence-electron chi connectivity index (χ0n) is 23.2. The third kappa shape index (κ3) is 7.96. The zero-order valence-corrected chi connectivity index (χ0v) is 24.8. The molecule has 0 spiro atoms. The molecule has 0 aliphatic carbocycles. The molecule has 0 saturated carbocycles. The van der Waals surface area contributed by atoms with Gasteiger partial charge in [-0.25, -0.2) is 8.78 Å². The molecule has 7 nitrogen and oxygen atoms in total. The number of benzene rings is 3. The molecular weight excluding hydrogens is 591 g/mol. The lowest BCUT2D eigenvalue weighted by Crippen LogP contribution is -2.35. The third-order valence-corrected chi connectivity index (χ3v) is 7.79. The summed E-state index contributed by atoms with van der Waals surface area (Å²) < 4.78 is 40.7. The molecule has 0 aliphatic rings. The SMILES string of the molecule is COCCNCc1ccc(-c2cc3nccc(Oc4ccc(NC(=S)NC(=O)Cc5ccccc5F)cc4F)c3s2)cc1. The molecule has 0 atom stereocenters. The predicted octanol–water partition coefficient (Wildman–Crippen LogP) is 6.83. The van der Waals surface area contributed by atoms with E-state index in [-0.39, 0.29) is 22.8 Å². The number of anilines is 1. The van der Waals surface area contributed by atoms with Gasteiger partial charge in [0.1, 0.15) is 11.6 Å². The van der Waals surface area contributed by atoms with Gasteiger partial charge in [-0.15, -0.1) is 11.3 Å². The second-order valence-corrected chi connectivity index (χ2v) is 11.0. The Bertz CT molecular complexity index is 1750. The third-order valence-electron chi connectivity index (χ3n) is 6.40. The predicted molar refractivity (Wildman–Crippen MR) is 170 cm³/mol. The van der Waals surface area contributed by atoms with Crippen molar-refractivity contribution in [2.24, 2.45) is 0 Å². The van der Waals surface area contributed by atoms with Crippen LogP contribution in [0.15, 0.2) is 85.1 Å². The van der Waals surface area contributed by atoms with Gasteiger partial charge in [0.15, 0.2) is 16.7 Å². The lowest BCUT2D eigenvalue weighted by Gasteiger charge is -2.12. The molecule has 0 unspecified atom stereocenters. The van der Waals surface area contributed by atoms with Crippen molar-refractivity contribution in [3.05, 3.63) is 108 Å². The maximum atomic E-state index is 15.1. The van der Waals surface area contributed by atoms with Crippen LogP contribution in [0.2, 0.25) is 0 Å². The summed E-state index contributed by atoms with van der Waals surface area (Å²) in [5.74, 6) is -1.09. The van der Waals surface area contributed by atoms with Crippen LogP contribution in [0.25, 0.3) is 20.7 Å². The average molecular weight is 619 g/mol. The van der Waals surface area contributed by atoms with Crippen molar-refractivity contribution in [2.75, 3.05) is 25.6 Å². The highest BCUT2D eigenvalue weighted by atomic mass is 32.1. The van der Waals surface area contributed by atoms with Crippen LogP contribution < -0.4 is 20.7 Å². The largest absolute Gasteiger partial charge is 0.453 e. The monoisotopic (exact) mass is 618 g/mol. The van der Waals surface area contributed by atoms with E-state index in [0.717, 1.165) is 33.7 Å². The molecule has 3 N–H and O–H groups in total. The van der Waals surface area contributed by atoms with Crippen molar-refractivity contribution in [2.45, 2.75) is 13.0 Å². The highest BCUT2D eigenvalue weighted by Crippen LogP contribution is 2.39. The topological polar surface area (TPSA) is 84.5 Å². The van der Waals surface area contributed by atoms with Crippen LogP contribution in [0.1, 0.15) is 11.1 Å². The summed E-state index contributed by atoms with van der Waals surface area (Å²) >= 11 is 6.69. The Morgan fingerprint density at radius 1 is 0.977 bits per heavy atom. The minimum Gasteiger partial charge on any atom is -0.453 e. The standard InChI is InChI=1S/C32H28F2N4O3S2/c1-40-15-14-35-19-20-6-8-21(9-7-20)29-18-26-31(43-29)28(12-13-36-26)41-27-11-10-23(17-25(27)34)37-32(42)38-30(39)16-22-4-2-3-5-24(22)33/h2-13,17-18,35H,14-16,19H2,1H3,(H2,37,38,39,42). The quantitative estimate of drug-likeness (QED) is 0.111. The summed E-state index contributed by atoms with van der Waals surface area (Å²) in [7, 11) is 1.68. The zero-order chi connectivity index (χ0) is 30.2. The molecule has 220 valence electrons. The molecule has 0 bridgehead atoms. The number of halogens is 2. The molecule has 11 heteroatoms. The van der Waals surface area contributed by atoms with Crippen LogP contribution in [0.3, 0.4) is 0 Å². The molecule has 2 aromatic heterocycles. The number of aromatic nitrogens is 1. The number of carbonyl (C=O) groups is 1. The lowest BCUT2D eigenvalue weighted by molar-refractivity contribution is -0.119. The van der Waals surface area contributed by atoms with Crippen molar-refractivity contribution in [1.29, 1.82) is 0 Å². The molecule has 2 heterocycles. The van der Waals surface area contributed by atoms with Crippen LogP contribution in [-0.4, -0.2) is 36.3 Å². The van der Waals surface area contributed by atoms with Crippen LogP contribution in [0.5, 0.6) is 11.5 Å². The van der Waals surface area contributed by atoms with Crippen molar-refractivity contribution in [3.63, 3.8) is 0 Å². The number of pyridine rings is 1. The van der Waals surface area contributed by atoms with Gasteiger partial charge >= 0.3 is 0 Å². The molecule has 0 fully saturated rings. The van der Waals surface area contributed by atoms with Crippen LogP contribution >= 0.6 is 23.6 Å². The van der Waals surface area contributed by atoms with E-state index in [9.17, 15) is 9.18 Å². The number of amides is 1. The summed E-state index contributed by atoms with van der Waals surface area (Å²) in [6.45, 7) is 2.20. The fourth-order valence-electron chi connectivity index (χ4n) is 4.26. The maximum absolute atomic E-state index is 15.1. The Kier molecular flexibility index (Phi) is 10.0. The first kappa shape index (κ1) is 30.2. The Hall–Kier alpha value is -4.29. The van der Waals surface area contributed by atoms with Crippen molar-refractivity contribution in [3.8, 4) is 21.9 Å². The van der Waals surface area contributed by atoms with E-state index >= 15 is 4.39 Å². The van der Waals surface area contributed by atoms with E-state index in [1.54, 1.807) is 37.6 Å². The van der Waals surface area contributed by atoms with Crippen molar-refractivity contribution in [1.82, 2.24) is 15.6 Å². The van der Waals surface area contributed by atoms with E-state index < -0.39 is 17.5 Å². The Morgan fingerprint density at radius 2 is 1.79 bits per heavy atom. The van der Waals surface area contributed by atoms with E-state index in [2.05, 4.69) is 45.2 Å². The number of nitrogens with one attached hydrogen (secondary N) is 3. The summed E-state index contributed by atoms with van der Waals surface area (Å²) in [6, 6.07) is 22.2. The minimum atomic E-state index is -0.623. The second kappa shape index (κ2) is 14.3. The Labute approximate surface area is 256 Å². The number of methoxy groups -OCH3 is 1. The average Bonchev–Trinajstić information content (AvgIpc) is 3.44. The summed E-state index contributed by atoms with van der Waals surface area (Å²) in [5.41, 5.74) is 3.53. The minimum absolute atomic E-state index is 0.0211. The molecular formula is C32H28F2N4O3S2. The van der Waals surface area contributed by atoms with E-state index in [1.807, 2.05) is 6.07 Å². The van der Waals surface area contributed by atoms with Gasteiger partial charge in [-0.2, -0.15) is 0 Å². The second-order valence-electron chi connectivity index (χ2n) is 9.52. The van der Waals surface area contributed by atoms with Gasteiger partial charge in [-0.3, -0.25) is 9.78 Å². The first-order valence-electron chi connectivity index (χ1n) is 13.4. The van der Waals surface area contributed by atoms with Gasteiger partial charge in [0.25, 0.3) is 0 Å². The van der Waals surface area contributed by atoms with Gasteiger partial charge in [0.05, 0.1) is 23.2 Å². The highest BCUT2D eigenvalue weighted by Gasteiger charge is 2.14. The number of rotatable bonds is 11. The fourth-order valence-corrected chi connectivity index (χ4v) is 5.56. The van der Waals surface area contributed by atoms with Gasteiger partial charge in [0.2, 0.25) is 5.91 Å². The molecule has 1 amide bonds. The van der Waals surface area contributed by atoms with E-state index in [0.29, 0.717) is 18.0 Å². The normalized spacial score (nSPS) is 11.0. The van der Waals surface area contributed by atoms with Crippen LogP contribution in [0, 0.1) is 11.6 Å². The number of hydrogen-bond acceptors (Lipinski definition) is 7. The number of thiocarbonyl (C=S) groups is 1. The van der Waals surface area contributed by atoms with Crippen LogP contribution in [-0.2, 0) is 22.5 Å². The molecule has 3 aromatic carbocycles. The van der Waals surface area contributed by atoms with Gasteiger partial charge < -0.3 is 25.4 Å².